The molecular formula is C16H24N2O2. The van der Waals surface area contributed by atoms with E-state index in [2.05, 4.69) is 49.7 Å². The number of ether oxygens (including phenoxy) is 2. The highest BCUT2D eigenvalue weighted by Gasteiger charge is 2.22. The lowest BCUT2D eigenvalue weighted by atomic mass is 10.0. The van der Waals surface area contributed by atoms with Gasteiger partial charge in [0.05, 0.1) is 19.7 Å². The summed E-state index contributed by atoms with van der Waals surface area (Å²) in [6.07, 6.45) is 2.11. The van der Waals surface area contributed by atoms with Gasteiger partial charge in [0.15, 0.2) is 0 Å². The summed E-state index contributed by atoms with van der Waals surface area (Å²) in [7, 11) is 7.58. The van der Waals surface area contributed by atoms with Crippen molar-refractivity contribution in [3.05, 3.63) is 24.4 Å². The molecule has 1 aromatic carbocycles. The maximum Gasteiger partial charge on any atom is 0.146 e. The fourth-order valence-corrected chi connectivity index (χ4v) is 2.25. The largest absolute Gasteiger partial charge is 0.497 e. The van der Waals surface area contributed by atoms with Crippen LogP contribution in [0.2, 0.25) is 0 Å². The van der Waals surface area contributed by atoms with E-state index in [-0.39, 0.29) is 5.54 Å². The average molecular weight is 276 g/mol. The monoisotopic (exact) mass is 276 g/mol. The van der Waals surface area contributed by atoms with E-state index >= 15 is 0 Å². The molecule has 1 aromatic heterocycles. The lowest BCUT2D eigenvalue weighted by Gasteiger charge is -2.33. The average Bonchev–Trinajstić information content (AvgIpc) is 2.80. The van der Waals surface area contributed by atoms with Crippen LogP contribution in [0.1, 0.15) is 13.8 Å². The Balaban J connectivity index is 2.51. The molecular weight excluding hydrogens is 252 g/mol. The molecule has 0 aliphatic carbocycles. The number of nitrogens with zero attached hydrogens (tertiary/aromatic N) is 2. The third-order valence-corrected chi connectivity index (χ3v) is 4.02. The van der Waals surface area contributed by atoms with Crippen molar-refractivity contribution in [1.82, 2.24) is 9.47 Å². The number of hydrogen-bond donors (Lipinski definition) is 0. The predicted molar refractivity (Wildman–Crippen MR) is 82.8 cm³/mol. The van der Waals surface area contributed by atoms with Crippen LogP contribution >= 0.6 is 0 Å². The van der Waals surface area contributed by atoms with E-state index in [9.17, 15) is 0 Å². The molecule has 0 saturated carbocycles. The van der Waals surface area contributed by atoms with Crippen molar-refractivity contribution in [2.45, 2.75) is 25.9 Å². The van der Waals surface area contributed by atoms with Crippen LogP contribution < -0.4 is 9.47 Å². The number of benzene rings is 1. The van der Waals surface area contributed by atoms with E-state index in [1.54, 1.807) is 14.2 Å². The molecule has 4 nitrogen and oxygen atoms in total. The van der Waals surface area contributed by atoms with Crippen molar-refractivity contribution in [3.8, 4) is 11.5 Å². The summed E-state index contributed by atoms with van der Waals surface area (Å²) in [6, 6.07) is 6.07. The second kappa shape index (κ2) is 5.37. The van der Waals surface area contributed by atoms with Gasteiger partial charge in [0.2, 0.25) is 0 Å². The molecule has 0 aliphatic heterocycles. The van der Waals surface area contributed by atoms with Crippen LogP contribution in [0.25, 0.3) is 10.9 Å². The lowest BCUT2D eigenvalue weighted by Crippen LogP contribution is -2.41. The quantitative estimate of drug-likeness (QED) is 0.840. The van der Waals surface area contributed by atoms with Gasteiger partial charge in [-0.05, 0) is 40.1 Å². The minimum atomic E-state index is 0.0664. The Morgan fingerprint density at radius 1 is 1.15 bits per heavy atom. The summed E-state index contributed by atoms with van der Waals surface area (Å²) in [5.74, 6) is 1.66. The van der Waals surface area contributed by atoms with E-state index in [1.165, 1.54) is 0 Å². The molecule has 0 aliphatic rings. The van der Waals surface area contributed by atoms with Gasteiger partial charge < -0.3 is 18.9 Å². The van der Waals surface area contributed by atoms with Crippen LogP contribution in [0.15, 0.2) is 24.4 Å². The molecule has 0 N–H and O–H groups in total. The zero-order valence-corrected chi connectivity index (χ0v) is 13.2. The Morgan fingerprint density at radius 3 is 2.40 bits per heavy atom. The van der Waals surface area contributed by atoms with Crippen molar-refractivity contribution < 1.29 is 9.47 Å². The van der Waals surface area contributed by atoms with Gasteiger partial charge in [-0.2, -0.15) is 0 Å². The van der Waals surface area contributed by atoms with Crippen molar-refractivity contribution in [2.75, 3.05) is 28.3 Å². The predicted octanol–water partition coefficient (Wildman–Crippen LogP) is 3.00. The number of rotatable bonds is 5. The number of fused-ring (bicyclic) bond motifs is 1. The van der Waals surface area contributed by atoms with Crippen LogP contribution in [-0.2, 0) is 6.54 Å². The van der Waals surface area contributed by atoms with Crippen LogP contribution in [0, 0.1) is 0 Å². The van der Waals surface area contributed by atoms with Gasteiger partial charge in [-0.1, -0.05) is 0 Å². The minimum absolute atomic E-state index is 0.0664. The van der Waals surface area contributed by atoms with Crippen molar-refractivity contribution in [2.24, 2.45) is 0 Å². The van der Waals surface area contributed by atoms with Crippen LogP contribution in [0.5, 0.6) is 11.5 Å². The Morgan fingerprint density at radius 2 is 1.85 bits per heavy atom. The first-order valence-electron chi connectivity index (χ1n) is 6.77. The van der Waals surface area contributed by atoms with E-state index in [0.29, 0.717) is 0 Å². The van der Waals surface area contributed by atoms with Crippen LogP contribution in [-0.4, -0.2) is 43.3 Å². The third-order valence-electron chi connectivity index (χ3n) is 4.02. The molecule has 20 heavy (non-hydrogen) atoms. The third kappa shape index (κ3) is 2.61. The van der Waals surface area contributed by atoms with Crippen molar-refractivity contribution in [1.29, 1.82) is 0 Å². The lowest BCUT2D eigenvalue weighted by molar-refractivity contribution is 0.171. The molecule has 1 heterocycles. The van der Waals surface area contributed by atoms with Gasteiger partial charge in [-0.25, -0.2) is 0 Å². The van der Waals surface area contributed by atoms with E-state index in [4.69, 9.17) is 9.47 Å². The van der Waals surface area contributed by atoms with Gasteiger partial charge in [0.25, 0.3) is 0 Å². The smallest absolute Gasteiger partial charge is 0.146 e. The fraction of sp³-hybridized carbons (Fsp3) is 0.500. The summed E-state index contributed by atoms with van der Waals surface area (Å²) in [5, 5.41) is 1.13. The second-order valence-electron chi connectivity index (χ2n) is 5.92. The van der Waals surface area contributed by atoms with Crippen LogP contribution in [0.4, 0.5) is 0 Å². The zero-order chi connectivity index (χ0) is 14.9. The molecule has 4 heteroatoms. The molecule has 0 bridgehead atoms. The highest BCUT2D eigenvalue weighted by Crippen LogP contribution is 2.33. The molecule has 0 spiro atoms. The van der Waals surface area contributed by atoms with Gasteiger partial charge >= 0.3 is 0 Å². The minimum Gasteiger partial charge on any atom is -0.497 e. The first-order valence-corrected chi connectivity index (χ1v) is 6.77. The number of aromatic nitrogens is 1. The maximum absolute atomic E-state index is 5.53. The standard InChI is InChI=1S/C16H24N2O2/c1-16(2,17(3)4)11-18-8-7-12-9-13(19-5)10-14(20-6)15(12)18/h7-10H,11H2,1-6H3. The molecule has 0 amide bonds. The van der Waals surface area contributed by atoms with E-state index in [1.807, 2.05) is 12.1 Å². The van der Waals surface area contributed by atoms with Gasteiger partial charge in [-0.15, -0.1) is 0 Å². The highest BCUT2D eigenvalue weighted by molar-refractivity contribution is 5.87. The number of hydrogen-bond acceptors (Lipinski definition) is 3. The van der Waals surface area contributed by atoms with Crippen molar-refractivity contribution >= 4 is 10.9 Å². The molecule has 0 saturated heterocycles. The first kappa shape index (κ1) is 14.7. The van der Waals surface area contributed by atoms with E-state index < -0.39 is 0 Å². The maximum atomic E-state index is 5.53. The number of likely N-dealkylation sites (N-methyl/N-ethyl adjacent to an activating group) is 1. The zero-order valence-electron chi connectivity index (χ0n) is 13.2. The first-order chi connectivity index (χ1) is 9.39. The van der Waals surface area contributed by atoms with Gasteiger partial charge in [-0.3, -0.25) is 0 Å². The van der Waals surface area contributed by atoms with Crippen molar-refractivity contribution in [3.63, 3.8) is 0 Å². The Labute approximate surface area is 120 Å². The summed E-state index contributed by atoms with van der Waals surface area (Å²) in [6.45, 7) is 5.36. The molecule has 0 fully saturated rings. The van der Waals surface area contributed by atoms with Crippen LogP contribution in [0.3, 0.4) is 0 Å². The van der Waals surface area contributed by atoms with Gasteiger partial charge in [0.1, 0.15) is 11.5 Å². The molecule has 0 radical (unpaired) electrons. The summed E-state index contributed by atoms with van der Waals surface area (Å²) >= 11 is 0. The van der Waals surface area contributed by atoms with E-state index in [0.717, 1.165) is 28.9 Å². The molecule has 0 atom stereocenters. The Hall–Kier alpha value is -1.68. The summed E-state index contributed by atoms with van der Waals surface area (Å²) < 4.78 is 13.1. The molecule has 2 rings (SSSR count). The second-order valence-corrected chi connectivity index (χ2v) is 5.92. The summed E-state index contributed by atoms with van der Waals surface area (Å²) in [5.41, 5.74) is 1.18. The highest BCUT2D eigenvalue weighted by atomic mass is 16.5. The molecule has 110 valence electrons. The topological polar surface area (TPSA) is 26.6 Å². The fourth-order valence-electron chi connectivity index (χ4n) is 2.25. The normalized spacial score (nSPS) is 12.2. The molecule has 0 unspecified atom stereocenters. The van der Waals surface area contributed by atoms with Gasteiger partial charge in [0, 0.05) is 29.7 Å². The Bertz CT molecular complexity index is 600. The molecule has 2 aromatic rings. The Kier molecular flexibility index (Phi) is 3.95. The SMILES string of the molecule is COc1cc(OC)c2c(ccn2CC(C)(C)N(C)C)c1. The summed E-state index contributed by atoms with van der Waals surface area (Å²) in [4.78, 5) is 2.23. The number of methoxy groups -OCH3 is 2.